The standard InChI is InChI=1S/C25H32N2O3/c1-24(2,3)30-23(29)26-25(4,5)19-27(18-21-14-10-7-11-15-21)22(28)17-16-20-12-8-6-9-13-20/h6-17H,18-19H2,1-5H3,(H,26,29)/b17-16+. The molecule has 0 fully saturated rings. The third kappa shape index (κ3) is 8.52. The second-order valence-corrected chi connectivity index (χ2v) is 8.93. The first-order valence-electron chi connectivity index (χ1n) is 10.1. The Labute approximate surface area is 179 Å². The minimum atomic E-state index is -0.673. The lowest BCUT2D eigenvalue weighted by Gasteiger charge is -2.34. The van der Waals surface area contributed by atoms with Crippen LogP contribution in [0.5, 0.6) is 0 Å². The fourth-order valence-corrected chi connectivity index (χ4v) is 2.95. The van der Waals surface area contributed by atoms with Gasteiger partial charge in [-0.3, -0.25) is 4.79 Å². The molecule has 0 aliphatic carbocycles. The maximum absolute atomic E-state index is 13.0. The van der Waals surface area contributed by atoms with Gasteiger partial charge in [0.15, 0.2) is 0 Å². The number of carbonyl (C=O) groups excluding carboxylic acids is 2. The van der Waals surface area contributed by atoms with Crippen molar-refractivity contribution in [2.45, 2.75) is 52.3 Å². The molecule has 0 aliphatic heterocycles. The van der Waals surface area contributed by atoms with E-state index in [1.165, 1.54) is 0 Å². The average molecular weight is 409 g/mol. The van der Waals surface area contributed by atoms with E-state index in [2.05, 4.69) is 5.32 Å². The third-order valence-electron chi connectivity index (χ3n) is 4.17. The van der Waals surface area contributed by atoms with Crippen molar-refractivity contribution in [1.29, 1.82) is 0 Å². The third-order valence-corrected chi connectivity index (χ3v) is 4.17. The van der Waals surface area contributed by atoms with Crippen molar-refractivity contribution < 1.29 is 14.3 Å². The molecular formula is C25H32N2O3. The van der Waals surface area contributed by atoms with Gasteiger partial charge in [0.2, 0.25) is 5.91 Å². The van der Waals surface area contributed by atoms with E-state index in [9.17, 15) is 9.59 Å². The van der Waals surface area contributed by atoms with E-state index in [1.807, 2.05) is 95.3 Å². The van der Waals surface area contributed by atoms with Crippen molar-refractivity contribution in [2.75, 3.05) is 6.54 Å². The first kappa shape index (κ1) is 23.2. The predicted molar refractivity (Wildman–Crippen MR) is 121 cm³/mol. The van der Waals surface area contributed by atoms with E-state index in [1.54, 1.807) is 17.1 Å². The van der Waals surface area contributed by atoms with Gasteiger partial charge >= 0.3 is 6.09 Å². The Hall–Kier alpha value is -3.08. The molecule has 2 aromatic carbocycles. The fraction of sp³-hybridized carbons (Fsp3) is 0.360. The summed E-state index contributed by atoms with van der Waals surface area (Å²) in [4.78, 5) is 27.0. The molecule has 2 rings (SSSR count). The minimum absolute atomic E-state index is 0.123. The Morgan fingerprint density at radius 1 is 0.933 bits per heavy atom. The van der Waals surface area contributed by atoms with Crippen LogP contribution in [0.2, 0.25) is 0 Å². The molecule has 2 amide bonds. The van der Waals surface area contributed by atoms with Crippen LogP contribution in [0.25, 0.3) is 6.08 Å². The Morgan fingerprint density at radius 2 is 1.50 bits per heavy atom. The highest BCUT2D eigenvalue weighted by Crippen LogP contribution is 2.14. The van der Waals surface area contributed by atoms with Crippen molar-refractivity contribution >= 4 is 18.1 Å². The second kappa shape index (κ2) is 10.1. The molecule has 0 unspecified atom stereocenters. The first-order valence-corrected chi connectivity index (χ1v) is 10.1. The number of alkyl carbamates (subject to hydrolysis) is 1. The number of ether oxygens (including phenoxy) is 1. The molecular weight excluding hydrogens is 376 g/mol. The monoisotopic (exact) mass is 408 g/mol. The Kier molecular flexibility index (Phi) is 7.81. The number of hydrogen-bond acceptors (Lipinski definition) is 3. The van der Waals surface area contributed by atoms with Crippen molar-refractivity contribution in [1.82, 2.24) is 10.2 Å². The number of benzene rings is 2. The summed E-state index contributed by atoms with van der Waals surface area (Å²) in [5.74, 6) is -0.123. The van der Waals surface area contributed by atoms with Gasteiger partial charge in [0.05, 0.1) is 5.54 Å². The smallest absolute Gasteiger partial charge is 0.408 e. The van der Waals surface area contributed by atoms with Gasteiger partial charge in [-0.25, -0.2) is 4.79 Å². The van der Waals surface area contributed by atoms with Crippen LogP contribution in [0.4, 0.5) is 4.79 Å². The lowest BCUT2D eigenvalue weighted by molar-refractivity contribution is -0.127. The number of rotatable bonds is 7. The summed E-state index contributed by atoms with van der Waals surface area (Å²) in [5.41, 5.74) is 0.717. The summed E-state index contributed by atoms with van der Waals surface area (Å²) in [6.45, 7) is 9.99. The highest BCUT2D eigenvalue weighted by molar-refractivity contribution is 5.91. The number of carbonyl (C=O) groups is 2. The summed E-state index contributed by atoms with van der Waals surface area (Å²) in [6, 6.07) is 19.5. The first-order chi connectivity index (χ1) is 14.0. The second-order valence-electron chi connectivity index (χ2n) is 8.93. The summed E-state index contributed by atoms with van der Waals surface area (Å²) in [7, 11) is 0. The molecule has 0 radical (unpaired) electrons. The Morgan fingerprint density at radius 3 is 2.07 bits per heavy atom. The van der Waals surface area contributed by atoms with Gasteiger partial charge < -0.3 is 15.0 Å². The number of nitrogens with one attached hydrogen (secondary N) is 1. The van der Waals surface area contributed by atoms with Crippen molar-refractivity contribution in [3.8, 4) is 0 Å². The van der Waals surface area contributed by atoms with Crippen molar-refractivity contribution in [3.63, 3.8) is 0 Å². The summed E-state index contributed by atoms with van der Waals surface area (Å²) >= 11 is 0. The lowest BCUT2D eigenvalue weighted by atomic mass is 10.0. The number of hydrogen-bond donors (Lipinski definition) is 1. The summed E-state index contributed by atoms with van der Waals surface area (Å²) in [5, 5.41) is 2.88. The van der Waals surface area contributed by atoms with E-state index >= 15 is 0 Å². The molecule has 0 saturated heterocycles. The van der Waals surface area contributed by atoms with Gasteiger partial charge in [-0.1, -0.05) is 60.7 Å². The molecule has 2 aromatic rings. The number of nitrogens with zero attached hydrogens (tertiary/aromatic N) is 1. The summed E-state index contributed by atoms with van der Waals surface area (Å²) in [6.07, 6.45) is 2.87. The average Bonchev–Trinajstić information content (AvgIpc) is 2.65. The molecule has 1 N–H and O–H groups in total. The van der Waals surface area contributed by atoms with Gasteiger partial charge in [-0.2, -0.15) is 0 Å². The zero-order valence-electron chi connectivity index (χ0n) is 18.5. The zero-order chi connectivity index (χ0) is 22.2. The molecule has 0 bridgehead atoms. The molecule has 0 aromatic heterocycles. The highest BCUT2D eigenvalue weighted by Gasteiger charge is 2.28. The van der Waals surface area contributed by atoms with Gasteiger partial charge in [0, 0.05) is 19.2 Å². The maximum Gasteiger partial charge on any atom is 0.408 e. The molecule has 0 atom stereocenters. The predicted octanol–water partition coefficient (Wildman–Crippen LogP) is 5.03. The lowest BCUT2D eigenvalue weighted by Crippen LogP contribution is -2.53. The van der Waals surface area contributed by atoms with Gasteiger partial charge in [0.1, 0.15) is 5.60 Å². The molecule has 5 nitrogen and oxygen atoms in total. The van der Waals surface area contributed by atoms with Gasteiger partial charge in [-0.05, 0) is 51.8 Å². The molecule has 0 aliphatic rings. The van der Waals surface area contributed by atoms with Crippen LogP contribution in [0.15, 0.2) is 66.7 Å². The van der Waals surface area contributed by atoms with Crippen molar-refractivity contribution in [2.24, 2.45) is 0 Å². The van der Waals surface area contributed by atoms with Crippen LogP contribution in [-0.2, 0) is 16.1 Å². The molecule has 0 saturated carbocycles. The fourth-order valence-electron chi connectivity index (χ4n) is 2.95. The minimum Gasteiger partial charge on any atom is -0.444 e. The van der Waals surface area contributed by atoms with E-state index < -0.39 is 17.2 Å². The molecule has 0 spiro atoms. The van der Waals surface area contributed by atoms with Crippen LogP contribution in [0.1, 0.15) is 45.7 Å². The zero-order valence-corrected chi connectivity index (χ0v) is 18.5. The van der Waals surface area contributed by atoms with Crippen LogP contribution in [0, 0.1) is 0 Å². The normalized spacial score (nSPS) is 11.9. The molecule has 0 heterocycles. The summed E-state index contributed by atoms with van der Waals surface area (Å²) < 4.78 is 5.37. The van der Waals surface area contributed by atoms with Crippen LogP contribution in [0.3, 0.4) is 0 Å². The van der Waals surface area contributed by atoms with Gasteiger partial charge in [-0.15, -0.1) is 0 Å². The van der Waals surface area contributed by atoms with E-state index in [0.717, 1.165) is 11.1 Å². The SMILES string of the molecule is CC(C)(CN(Cc1ccccc1)C(=O)/C=C/c1ccccc1)NC(=O)OC(C)(C)C. The van der Waals surface area contributed by atoms with E-state index in [4.69, 9.17) is 4.74 Å². The highest BCUT2D eigenvalue weighted by atomic mass is 16.6. The van der Waals surface area contributed by atoms with Crippen LogP contribution in [-0.4, -0.2) is 34.6 Å². The van der Waals surface area contributed by atoms with E-state index in [-0.39, 0.29) is 5.91 Å². The van der Waals surface area contributed by atoms with Gasteiger partial charge in [0.25, 0.3) is 0 Å². The van der Waals surface area contributed by atoms with E-state index in [0.29, 0.717) is 13.1 Å². The van der Waals surface area contributed by atoms with Crippen LogP contribution >= 0.6 is 0 Å². The maximum atomic E-state index is 13.0. The topological polar surface area (TPSA) is 58.6 Å². The number of amides is 2. The Bertz CT molecular complexity index is 853. The van der Waals surface area contributed by atoms with Crippen LogP contribution < -0.4 is 5.32 Å². The Balaban J connectivity index is 2.15. The largest absolute Gasteiger partial charge is 0.444 e. The molecule has 30 heavy (non-hydrogen) atoms. The molecule has 5 heteroatoms. The van der Waals surface area contributed by atoms with Crippen molar-refractivity contribution in [3.05, 3.63) is 77.9 Å². The molecule has 160 valence electrons. The quantitative estimate of drug-likeness (QED) is 0.654.